The summed E-state index contributed by atoms with van der Waals surface area (Å²) in [6.07, 6.45) is -12.8. The molecule has 22 atom stereocenters. The molecule has 18 nitrogen and oxygen atoms in total. The molecule has 3 saturated heterocycles. The van der Waals surface area contributed by atoms with Crippen molar-refractivity contribution in [3.8, 4) is 0 Å². The van der Waals surface area contributed by atoms with Gasteiger partial charge in [0.2, 0.25) is 0 Å². The molecule has 65 heavy (non-hydrogen) atoms. The van der Waals surface area contributed by atoms with Gasteiger partial charge in [-0.2, -0.15) is 0 Å². The molecule has 8 aliphatic rings. The van der Waals surface area contributed by atoms with Crippen LogP contribution in [0.2, 0.25) is 0 Å². The SMILES string of the molecule is CC1(C)CC[C@@]2(C(=O)O)[C@H](O)C[C@@]3(C)C(=CC[C@H]4[C@]5(C)CC[C@@H](O[C@H]6O[C@@H](CO)[C@H](O)[C@@H](O)[C@@H]6O[C@@H]6O[C@H](CO)[C@@H](O)[C@H](O)[C@@H]6O[C@@H]6OC[C@@](O)(CO)[C@H]6O)C(C)(C)[C@@H]5CC[C@]43C)[C@@H]2C1. The molecule has 0 aromatic heterocycles. The van der Waals surface area contributed by atoms with Crippen molar-refractivity contribution in [1.29, 1.82) is 0 Å². The monoisotopic (exact) mass is 929 g/mol. The van der Waals surface area contributed by atoms with Gasteiger partial charge < -0.3 is 84.6 Å². The predicted molar refractivity (Wildman–Crippen MR) is 226 cm³/mol. The highest BCUT2D eigenvalue weighted by Crippen LogP contribution is 2.76. The van der Waals surface area contributed by atoms with E-state index < -0.39 is 140 Å². The van der Waals surface area contributed by atoms with E-state index in [4.69, 9.17) is 28.4 Å². The molecule has 7 fully saturated rings. The summed E-state index contributed by atoms with van der Waals surface area (Å²) in [6, 6.07) is 0. The summed E-state index contributed by atoms with van der Waals surface area (Å²) < 4.78 is 36.4. The first kappa shape index (κ1) is 50.0. The summed E-state index contributed by atoms with van der Waals surface area (Å²) in [5.41, 5.74) is -3.59. The van der Waals surface area contributed by atoms with Gasteiger partial charge in [0.1, 0.15) is 66.0 Å². The van der Waals surface area contributed by atoms with Crippen molar-refractivity contribution in [2.75, 3.05) is 26.4 Å². The molecule has 18 heteroatoms. The smallest absolute Gasteiger partial charge is 0.312 e. The topological polar surface area (TPSA) is 295 Å². The summed E-state index contributed by atoms with van der Waals surface area (Å²) in [5, 5.41) is 119. The first-order valence-corrected chi connectivity index (χ1v) is 23.8. The van der Waals surface area contributed by atoms with Gasteiger partial charge in [-0.05, 0) is 103 Å². The fourth-order valence-corrected chi connectivity index (χ4v) is 15.0. The Morgan fingerprint density at radius 2 is 1.31 bits per heavy atom. The zero-order chi connectivity index (χ0) is 47.6. The molecule has 372 valence electrons. The Balaban J connectivity index is 1.06. The van der Waals surface area contributed by atoms with E-state index in [1.54, 1.807) is 0 Å². The quantitative estimate of drug-likeness (QED) is 0.104. The van der Waals surface area contributed by atoms with Crippen LogP contribution >= 0.6 is 0 Å². The van der Waals surface area contributed by atoms with Gasteiger partial charge in [0.15, 0.2) is 18.9 Å². The van der Waals surface area contributed by atoms with E-state index in [-0.39, 0.29) is 34.0 Å². The van der Waals surface area contributed by atoms with Crippen LogP contribution in [0.5, 0.6) is 0 Å². The number of carboxylic acid groups (broad SMARTS) is 1. The number of aliphatic hydroxyl groups excluding tert-OH is 9. The van der Waals surface area contributed by atoms with Gasteiger partial charge in [-0.1, -0.05) is 60.1 Å². The van der Waals surface area contributed by atoms with Gasteiger partial charge >= 0.3 is 5.97 Å². The van der Waals surface area contributed by atoms with Crippen LogP contribution in [0.3, 0.4) is 0 Å². The molecule has 11 N–H and O–H groups in total. The van der Waals surface area contributed by atoms with Crippen molar-refractivity contribution in [2.45, 2.75) is 198 Å². The van der Waals surface area contributed by atoms with Gasteiger partial charge in [-0.15, -0.1) is 0 Å². The van der Waals surface area contributed by atoms with Crippen molar-refractivity contribution >= 4 is 5.97 Å². The van der Waals surface area contributed by atoms with E-state index in [0.29, 0.717) is 25.7 Å². The maximum atomic E-state index is 13.2. The largest absolute Gasteiger partial charge is 0.481 e. The molecule has 0 aromatic rings. The Labute approximate surface area is 380 Å². The molecule has 8 rings (SSSR count). The number of hydrogen-bond acceptors (Lipinski definition) is 17. The third-order valence-corrected chi connectivity index (χ3v) is 19.1. The van der Waals surface area contributed by atoms with Crippen molar-refractivity contribution in [3.63, 3.8) is 0 Å². The third kappa shape index (κ3) is 7.53. The van der Waals surface area contributed by atoms with Crippen molar-refractivity contribution in [1.82, 2.24) is 0 Å². The molecule has 0 bridgehead atoms. The summed E-state index contributed by atoms with van der Waals surface area (Å²) in [6.45, 7) is 12.8. The molecule has 0 radical (unpaired) electrons. The Kier molecular flexibility index (Phi) is 13.2. The number of ether oxygens (including phenoxy) is 6. The number of carbonyl (C=O) groups is 1. The van der Waals surface area contributed by atoms with Crippen LogP contribution in [0.25, 0.3) is 0 Å². The van der Waals surface area contributed by atoms with E-state index in [1.807, 2.05) is 0 Å². The van der Waals surface area contributed by atoms with Crippen LogP contribution in [0.1, 0.15) is 106 Å². The first-order chi connectivity index (χ1) is 30.3. The van der Waals surface area contributed by atoms with Crippen LogP contribution in [0.15, 0.2) is 11.6 Å². The van der Waals surface area contributed by atoms with Crippen LogP contribution in [-0.2, 0) is 33.2 Å². The van der Waals surface area contributed by atoms with Gasteiger partial charge in [0.05, 0.1) is 38.6 Å². The molecule has 3 heterocycles. The fourth-order valence-electron chi connectivity index (χ4n) is 15.0. The second kappa shape index (κ2) is 17.2. The van der Waals surface area contributed by atoms with E-state index in [9.17, 15) is 61.0 Å². The molecular formula is C47H76O18. The van der Waals surface area contributed by atoms with E-state index >= 15 is 0 Å². The Hall–Kier alpha value is -1.43. The highest BCUT2D eigenvalue weighted by atomic mass is 16.8. The van der Waals surface area contributed by atoms with E-state index in [1.165, 1.54) is 5.57 Å². The minimum atomic E-state index is -2.10. The molecule has 0 amide bonds. The lowest BCUT2D eigenvalue weighted by molar-refractivity contribution is -0.388. The molecule has 4 saturated carbocycles. The zero-order valence-corrected chi connectivity index (χ0v) is 38.9. The second-order valence-corrected chi connectivity index (χ2v) is 23.3. The van der Waals surface area contributed by atoms with E-state index in [0.717, 1.165) is 32.1 Å². The minimum Gasteiger partial charge on any atom is -0.481 e. The maximum absolute atomic E-state index is 13.2. The number of aliphatic hydroxyl groups is 10. The zero-order valence-electron chi connectivity index (χ0n) is 38.9. The van der Waals surface area contributed by atoms with Crippen LogP contribution < -0.4 is 0 Å². The normalized spacial score (nSPS) is 53.8. The second-order valence-electron chi connectivity index (χ2n) is 23.3. The lowest BCUT2D eigenvalue weighted by atomic mass is 9.33. The Morgan fingerprint density at radius 3 is 1.86 bits per heavy atom. The molecule has 0 unspecified atom stereocenters. The Bertz CT molecular complexity index is 1800. The summed E-state index contributed by atoms with van der Waals surface area (Å²) in [4.78, 5) is 13.2. The number of rotatable bonds is 10. The summed E-state index contributed by atoms with van der Waals surface area (Å²) >= 11 is 0. The van der Waals surface area contributed by atoms with Crippen LogP contribution in [0, 0.1) is 50.2 Å². The van der Waals surface area contributed by atoms with Crippen LogP contribution in [0.4, 0.5) is 0 Å². The highest BCUT2D eigenvalue weighted by Gasteiger charge is 2.71. The highest BCUT2D eigenvalue weighted by molar-refractivity contribution is 5.77. The first-order valence-electron chi connectivity index (χ1n) is 23.8. The van der Waals surface area contributed by atoms with Crippen LogP contribution in [-0.4, -0.2) is 180 Å². The molecular weight excluding hydrogens is 852 g/mol. The van der Waals surface area contributed by atoms with Gasteiger partial charge in [-0.3, -0.25) is 4.79 Å². The molecule has 3 aliphatic heterocycles. The van der Waals surface area contributed by atoms with Crippen molar-refractivity contribution < 1.29 is 89.4 Å². The lowest BCUT2D eigenvalue weighted by Crippen LogP contribution is -2.68. The van der Waals surface area contributed by atoms with Gasteiger partial charge in [-0.25, -0.2) is 0 Å². The number of hydrogen-bond donors (Lipinski definition) is 11. The van der Waals surface area contributed by atoms with Crippen molar-refractivity contribution in [2.24, 2.45) is 50.2 Å². The van der Waals surface area contributed by atoms with Gasteiger partial charge in [0.25, 0.3) is 0 Å². The average Bonchev–Trinajstić information content (AvgIpc) is 3.52. The minimum absolute atomic E-state index is 0.0583. The number of carboxylic acids is 1. The Morgan fingerprint density at radius 1 is 0.723 bits per heavy atom. The van der Waals surface area contributed by atoms with E-state index in [2.05, 4.69) is 54.5 Å². The summed E-state index contributed by atoms with van der Waals surface area (Å²) in [7, 11) is 0. The number of fused-ring (bicyclic) bond motifs is 7. The number of aliphatic carboxylic acids is 1. The maximum Gasteiger partial charge on any atom is 0.312 e. The molecule has 5 aliphatic carbocycles. The standard InChI is InChI=1S/C47H76O18/c1-41(2)14-15-47(40(57)58)23(16-41)22-8-9-27-43(5)12-11-29(42(3,4)26(43)10-13-44(27,6)45(22,7)17-28(47)51)63-37-34(32(54)30(52)24(18-48)61-37)64-38-35(33(55)31(53)25(19-49)62-38)65-39-36(56)46(59,20-50)21-60-39/h8,23-39,48-56,59H,9-21H2,1-7H3,(H,57,58)/t23-,24-,25+,26-,27-,28+,29+,30-,31+,32+,33-,34-,35-,36-,37+,38-,39-,43+,44+,45-,46-,47-/m0/s1. The molecule has 0 aromatic carbocycles. The fraction of sp³-hybridized carbons (Fsp3) is 0.936. The number of allylic oxidation sites excluding steroid dienone is 2. The lowest BCUT2D eigenvalue weighted by Gasteiger charge is -2.71. The summed E-state index contributed by atoms with van der Waals surface area (Å²) in [5.74, 6) is -0.866. The van der Waals surface area contributed by atoms with Crippen molar-refractivity contribution in [3.05, 3.63) is 11.6 Å². The third-order valence-electron chi connectivity index (χ3n) is 19.1. The van der Waals surface area contributed by atoms with Gasteiger partial charge in [0, 0.05) is 0 Å². The predicted octanol–water partition coefficient (Wildman–Crippen LogP) is 0.318. The molecule has 0 spiro atoms. The average molecular weight is 929 g/mol.